The maximum Gasteiger partial charge on any atom is 0.423 e. The molecule has 20 heteroatoms. The number of fused-ring (bicyclic) bond motifs is 2. The fourth-order valence-corrected chi connectivity index (χ4v) is 6.83. The highest BCUT2D eigenvalue weighted by atomic mass is 32.2. The molecule has 1 aromatic heterocycles. The first-order valence-electron chi connectivity index (χ1n) is 13.5. The van der Waals surface area contributed by atoms with Crippen molar-refractivity contribution in [2.24, 2.45) is 0 Å². The maximum atomic E-state index is 13.6. The Kier molecular flexibility index (Phi) is 9.21. The van der Waals surface area contributed by atoms with Crippen molar-refractivity contribution < 1.29 is 63.0 Å². The van der Waals surface area contributed by atoms with Gasteiger partial charge < -0.3 is 39.2 Å². The average molecular weight is 705 g/mol. The van der Waals surface area contributed by atoms with Crippen molar-refractivity contribution in [1.29, 1.82) is 0 Å². The first-order valence-corrected chi connectivity index (χ1v) is 15.5. The van der Waals surface area contributed by atoms with E-state index in [2.05, 4.69) is 0 Å². The lowest BCUT2D eigenvalue weighted by molar-refractivity contribution is -0.140. The SMILES string of the molecule is CS/C(=c1/s/c(=C2/OC(=O)N(CC(=O)O)C2=O)n(CC(=O)O)c1=O)N(CC(=O)O)C(=O)C=C/C(C)=C1/Oc2cc3c(cc2N1C)OCO3. The summed E-state index contributed by atoms with van der Waals surface area (Å²) in [5.74, 6) is -5.59. The second-order valence-corrected chi connectivity index (χ2v) is 11.8. The quantitative estimate of drug-likeness (QED) is 0.266. The third kappa shape index (κ3) is 6.29. The predicted molar refractivity (Wildman–Crippen MR) is 164 cm³/mol. The molecule has 252 valence electrons. The van der Waals surface area contributed by atoms with Crippen LogP contribution in [0.5, 0.6) is 17.2 Å². The van der Waals surface area contributed by atoms with Crippen LogP contribution in [-0.2, 0) is 35.3 Å². The number of thioether (sulfide) groups is 1. The van der Waals surface area contributed by atoms with Crippen molar-refractivity contribution in [1.82, 2.24) is 14.4 Å². The van der Waals surface area contributed by atoms with Crippen LogP contribution in [0.4, 0.5) is 10.5 Å². The highest BCUT2D eigenvalue weighted by Crippen LogP contribution is 2.47. The van der Waals surface area contributed by atoms with E-state index in [1.54, 1.807) is 31.0 Å². The van der Waals surface area contributed by atoms with Gasteiger partial charge in [-0.05, 0) is 19.3 Å². The van der Waals surface area contributed by atoms with Crippen LogP contribution in [0.15, 0.2) is 40.5 Å². The van der Waals surface area contributed by atoms with Crippen molar-refractivity contribution in [2.75, 3.05) is 38.1 Å². The third-order valence-electron chi connectivity index (χ3n) is 6.85. The fourth-order valence-electron chi connectivity index (χ4n) is 4.74. The molecule has 0 unspecified atom stereocenters. The molecule has 3 N–H and O–H groups in total. The van der Waals surface area contributed by atoms with Gasteiger partial charge in [0.1, 0.15) is 33.9 Å². The Hall–Kier alpha value is -5.76. The molecule has 1 aromatic carbocycles. The van der Waals surface area contributed by atoms with Gasteiger partial charge in [0.25, 0.3) is 11.5 Å². The number of imide groups is 1. The van der Waals surface area contributed by atoms with Crippen LogP contribution >= 0.6 is 23.1 Å². The summed E-state index contributed by atoms with van der Waals surface area (Å²) in [6, 6.07) is 3.39. The Labute approximate surface area is 276 Å². The molecule has 2 aromatic rings. The van der Waals surface area contributed by atoms with Crippen molar-refractivity contribution in [2.45, 2.75) is 13.5 Å². The molecule has 3 aliphatic rings. The van der Waals surface area contributed by atoms with Gasteiger partial charge in [-0.15, -0.1) is 23.1 Å². The minimum Gasteiger partial charge on any atom is -0.480 e. The van der Waals surface area contributed by atoms with Crippen LogP contribution in [0.2, 0.25) is 0 Å². The van der Waals surface area contributed by atoms with Gasteiger partial charge in [0, 0.05) is 30.8 Å². The molecule has 3 aliphatic heterocycles. The van der Waals surface area contributed by atoms with E-state index in [0.29, 0.717) is 50.3 Å². The van der Waals surface area contributed by atoms with Crippen LogP contribution in [0.1, 0.15) is 6.92 Å². The number of amides is 3. The molecule has 0 radical (unpaired) electrons. The Morgan fingerprint density at radius 3 is 2.25 bits per heavy atom. The molecule has 0 atom stereocenters. The topological polar surface area (TPSA) is 232 Å². The number of anilines is 1. The number of ether oxygens (including phenoxy) is 4. The number of thiazole rings is 1. The predicted octanol–water partition coefficient (Wildman–Crippen LogP) is -0.447. The number of carbonyl (C=O) groups is 6. The zero-order valence-corrected chi connectivity index (χ0v) is 26.7. The monoisotopic (exact) mass is 704 g/mol. The smallest absolute Gasteiger partial charge is 0.423 e. The number of rotatable bonds is 10. The summed E-state index contributed by atoms with van der Waals surface area (Å²) in [6.07, 6.45) is 2.50. The number of benzene rings is 1. The summed E-state index contributed by atoms with van der Waals surface area (Å²) in [5, 5.41) is 27.9. The molecule has 0 saturated carbocycles. The number of aliphatic carboxylic acids is 3. The summed E-state index contributed by atoms with van der Waals surface area (Å²) >= 11 is 1.24. The second kappa shape index (κ2) is 13.2. The van der Waals surface area contributed by atoms with Gasteiger partial charge in [-0.25, -0.2) is 9.69 Å². The van der Waals surface area contributed by atoms with E-state index in [1.807, 2.05) is 0 Å². The summed E-state index contributed by atoms with van der Waals surface area (Å²) in [6.45, 7) is -1.29. The summed E-state index contributed by atoms with van der Waals surface area (Å²) in [5.41, 5.74) is 0.0790. The molecular weight excluding hydrogens is 680 g/mol. The van der Waals surface area contributed by atoms with Gasteiger partial charge in [0.2, 0.25) is 18.4 Å². The molecule has 18 nitrogen and oxygen atoms in total. The van der Waals surface area contributed by atoms with Crippen molar-refractivity contribution in [3.63, 3.8) is 0 Å². The molecule has 4 heterocycles. The van der Waals surface area contributed by atoms with Crippen LogP contribution in [0, 0.1) is 0 Å². The van der Waals surface area contributed by atoms with E-state index in [1.165, 1.54) is 12.3 Å². The lowest BCUT2D eigenvalue weighted by atomic mass is 10.2. The zero-order valence-electron chi connectivity index (χ0n) is 25.1. The number of nitrogens with zero attached hydrogens (tertiary/aromatic N) is 4. The van der Waals surface area contributed by atoms with Gasteiger partial charge in [0.05, 0.1) is 5.69 Å². The number of carboxylic acids is 3. The molecule has 48 heavy (non-hydrogen) atoms. The molecule has 1 saturated heterocycles. The largest absolute Gasteiger partial charge is 0.480 e. The van der Waals surface area contributed by atoms with Crippen LogP contribution in [0.3, 0.4) is 0 Å². The lowest BCUT2D eigenvalue weighted by Crippen LogP contribution is -2.40. The molecule has 0 bridgehead atoms. The molecular formula is C28H24N4O14S2. The van der Waals surface area contributed by atoms with Crippen molar-refractivity contribution in [3.8, 4) is 17.2 Å². The van der Waals surface area contributed by atoms with E-state index in [-0.39, 0.29) is 21.3 Å². The van der Waals surface area contributed by atoms with E-state index < -0.39 is 71.4 Å². The summed E-state index contributed by atoms with van der Waals surface area (Å²) in [7, 11) is 1.72. The van der Waals surface area contributed by atoms with E-state index in [4.69, 9.17) is 24.1 Å². The number of carboxylic acid groups (broad SMARTS) is 3. The summed E-state index contributed by atoms with van der Waals surface area (Å²) in [4.78, 5) is 89.5. The summed E-state index contributed by atoms with van der Waals surface area (Å²) < 4.78 is 21.5. The fraction of sp³-hybridized carbons (Fsp3) is 0.250. The lowest BCUT2D eigenvalue weighted by Gasteiger charge is -2.20. The standard InChI is InChI=1S/C28H24N4O14S2/c1-12(25-29(2)13-6-15-16(44-11-43-15)7-14(13)45-25)4-5-17(33)30(8-18(34)35)27(47-3)22-24(41)31(9-19(36)37)26(48-22)21-23(40)32(10-20(38)39)28(42)46-21/h4-7H,8-11H2,1-3H3,(H,34,35)(H,36,37)(H,38,39)/b5-4?,25-12+,26-21+,27-22+. The second-order valence-electron chi connectivity index (χ2n) is 9.99. The average Bonchev–Trinajstić information content (AvgIpc) is 3.76. The number of aromatic nitrogens is 1. The Morgan fingerprint density at radius 2 is 1.62 bits per heavy atom. The van der Waals surface area contributed by atoms with E-state index >= 15 is 0 Å². The molecule has 1 fully saturated rings. The number of allylic oxidation sites excluding steroid dienone is 2. The minimum atomic E-state index is -1.54. The highest BCUT2D eigenvalue weighted by molar-refractivity contribution is 8.07. The first kappa shape index (κ1) is 33.6. The number of carbonyl (C=O) groups excluding carboxylic acids is 3. The molecule has 3 amide bonds. The van der Waals surface area contributed by atoms with Gasteiger partial charge in [-0.3, -0.25) is 38.2 Å². The number of hydrogen-bond acceptors (Lipinski definition) is 14. The van der Waals surface area contributed by atoms with E-state index in [0.717, 1.165) is 22.7 Å². The van der Waals surface area contributed by atoms with Crippen LogP contribution in [-0.4, -0.2) is 98.7 Å². The normalized spacial score (nSPS) is 17.7. The van der Waals surface area contributed by atoms with Gasteiger partial charge in [-0.2, -0.15) is 0 Å². The van der Waals surface area contributed by atoms with E-state index in [9.17, 15) is 43.8 Å². The number of cyclic esters (lactones) is 1. The third-order valence-corrected chi connectivity index (χ3v) is 8.96. The highest BCUT2D eigenvalue weighted by Gasteiger charge is 2.40. The maximum absolute atomic E-state index is 13.6. The zero-order chi connectivity index (χ0) is 35.0. The minimum absolute atomic E-state index is 0.0764. The molecule has 0 aliphatic carbocycles. The number of hydrogen-bond donors (Lipinski definition) is 3. The molecule has 0 spiro atoms. The van der Waals surface area contributed by atoms with Gasteiger partial charge in [0.15, 0.2) is 17.2 Å². The first-order chi connectivity index (χ1) is 22.7. The Bertz CT molecular complexity index is 2050. The van der Waals surface area contributed by atoms with Crippen LogP contribution < -0.4 is 33.9 Å². The Morgan fingerprint density at radius 1 is 0.958 bits per heavy atom. The van der Waals surface area contributed by atoms with Gasteiger partial charge in [-0.1, -0.05) is 0 Å². The van der Waals surface area contributed by atoms with Crippen molar-refractivity contribution in [3.05, 3.63) is 55.3 Å². The van der Waals surface area contributed by atoms with Crippen molar-refractivity contribution >= 4 is 75.4 Å². The van der Waals surface area contributed by atoms with Gasteiger partial charge >= 0.3 is 29.9 Å². The molecule has 5 rings (SSSR count). The Balaban J connectivity index is 1.57. The van der Waals surface area contributed by atoms with Crippen LogP contribution in [0.25, 0.3) is 10.8 Å².